The van der Waals surface area contributed by atoms with Gasteiger partial charge in [0.25, 0.3) is 6.43 Å². The van der Waals surface area contributed by atoms with E-state index in [9.17, 15) is 18.0 Å². The van der Waals surface area contributed by atoms with Gasteiger partial charge in [0.1, 0.15) is 11.6 Å². The van der Waals surface area contributed by atoms with Crippen molar-refractivity contribution in [2.24, 2.45) is 0 Å². The van der Waals surface area contributed by atoms with Crippen LogP contribution in [0, 0.1) is 17.1 Å². The van der Waals surface area contributed by atoms with E-state index >= 15 is 0 Å². The van der Waals surface area contributed by atoms with Crippen molar-refractivity contribution in [1.82, 2.24) is 4.98 Å². The lowest BCUT2D eigenvalue weighted by Gasteiger charge is -2.09. The number of esters is 1. The van der Waals surface area contributed by atoms with Crippen LogP contribution in [0.5, 0.6) is 0 Å². The molecule has 1 rings (SSSR count). The van der Waals surface area contributed by atoms with E-state index in [1.54, 1.807) is 0 Å². The second-order valence-corrected chi connectivity index (χ2v) is 2.88. The molecule has 0 saturated heterocycles. The van der Waals surface area contributed by atoms with Gasteiger partial charge in [-0.15, -0.1) is 0 Å². The molecular formula is C10H7F3N2O2. The fourth-order valence-electron chi connectivity index (χ4n) is 1.21. The lowest BCUT2D eigenvalue weighted by molar-refractivity contribution is 0.0512. The minimum Gasteiger partial charge on any atom is -0.462 e. The smallest absolute Gasteiger partial charge is 0.341 e. The van der Waals surface area contributed by atoms with Gasteiger partial charge in [0.2, 0.25) is 0 Å². The number of aromatic nitrogens is 1. The van der Waals surface area contributed by atoms with Crippen molar-refractivity contribution in [3.8, 4) is 6.07 Å². The first-order chi connectivity index (χ1) is 8.02. The zero-order chi connectivity index (χ0) is 13.0. The van der Waals surface area contributed by atoms with Gasteiger partial charge in [-0.3, -0.25) is 0 Å². The molecule has 0 atom stereocenters. The summed E-state index contributed by atoms with van der Waals surface area (Å²) >= 11 is 0. The average Bonchev–Trinajstić information content (AvgIpc) is 2.28. The minimum atomic E-state index is -3.23. The van der Waals surface area contributed by atoms with Crippen LogP contribution in [0.2, 0.25) is 0 Å². The molecule has 7 heteroatoms. The molecule has 1 heterocycles. The number of hydrogen-bond donors (Lipinski definition) is 0. The first kappa shape index (κ1) is 13.0. The molecule has 0 aliphatic carbocycles. The van der Waals surface area contributed by atoms with Crippen LogP contribution in [0.4, 0.5) is 13.2 Å². The lowest BCUT2D eigenvalue weighted by atomic mass is 10.1. The fourth-order valence-corrected chi connectivity index (χ4v) is 1.21. The number of nitrogens with zero attached hydrogens (tertiary/aromatic N) is 2. The number of carbonyl (C=O) groups excluding carboxylic acids is 1. The van der Waals surface area contributed by atoms with Crippen molar-refractivity contribution in [1.29, 1.82) is 5.26 Å². The molecule has 0 aromatic carbocycles. The average molecular weight is 244 g/mol. The highest BCUT2D eigenvalue weighted by Gasteiger charge is 2.28. The molecule has 4 nitrogen and oxygen atoms in total. The molecule has 0 saturated carbocycles. The van der Waals surface area contributed by atoms with Gasteiger partial charge in [-0.1, -0.05) is 0 Å². The van der Waals surface area contributed by atoms with Crippen LogP contribution in [0.1, 0.15) is 35.0 Å². The summed E-state index contributed by atoms with van der Waals surface area (Å²) in [5, 5.41) is 8.65. The van der Waals surface area contributed by atoms with Crippen LogP contribution in [-0.4, -0.2) is 17.6 Å². The molecule has 0 aliphatic rings. The molecular weight excluding hydrogens is 237 g/mol. The van der Waals surface area contributed by atoms with Crippen molar-refractivity contribution < 1.29 is 22.7 Å². The lowest BCUT2D eigenvalue weighted by Crippen LogP contribution is -2.14. The number of rotatable bonds is 3. The second kappa shape index (κ2) is 5.30. The summed E-state index contributed by atoms with van der Waals surface area (Å²) in [6.45, 7) is 1.38. The Labute approximate surface area is 94.6 Å². The van der Waals surface area contributed by atoms with Gasteiger partial charge in [0.15, 0.2) is 11.5 Å². The molecule has 0 bridgehead atoms. The summed E-state index contributed by atoms with van der Waals surface area (Å²) in [6.07, 6.45) is -2.76. The van der Waals surface area contributed by atoms with E-state index < -0.39 is 35.0 Å². The Balaban J connectivity index is 3.47. The number of alkyl halides is 2. The van der Waals surface area contributed by atoms with E-state index in [-0.39, 0.29) is 6.61 Å². The third-order valence-electron chi connectivity index (χ3n) is 1.87. The molecule has 1 aromatic heterocycles. The Morgan fingerprint density at radius 1 is 1.65 bits per heavy atom. The predicted octanol–water partition coefficient (Wildman–Crippen LogP) is 2.21. The first-order valence-electron chi connectivity index (χ1n) is 4.56. The molecule has 1 aromatic rings. The Kier molecular flexibility index (Phi) is 4.04. The van der Waals surface area contributed by atoms with Gasteiger partial charge in [-0.2, -0.15) is 5.26 Å². The quantitative estimate of drug-likeness (QED) is 0.764. The number of hydrogen-bond acceptors (Lipinski definition) is 4. The van der Waals surface area contributed by atoms with Gasteiger partial charge >= 0.3 is 5.97 Å². The molecule has 0 unspecified atom stereocenters. The molecule has 0 aliphatic heterocycles. The number of ether oxygens (including phenoxy) is 1. The predicted molar refractivity (Wildman–Crippen MR) is 49.8 cm³/mol. The summed E-state index contributed by atoms with van der Waals surface area (Å²) in [5.74, 6) is -2.53. The molecule has 0 N–H and O–H groups in total. The van der Waals surface area contributed by atoms with Gasteiger partial charge < -0.3 is 4.74 Å². The van der Waals surface area contributed by atoms with Crippen LogP contribution in [0.3, 0.4) is 0 Å². The Bertz CT molecular complexity index is 483. The standard InChI is InChI=1S/C10H7F3N2O2/c1-2-17-10(16)8-6(3-14)15-4-5(11)7(8)9(12)13/h4,9H,2H2,1H3. The number of pyridine rings is 1. The second-order valence-electron chi connectivity index (χ2n) is 2.88. The van der Waals surface area contributed by atoms with Crippen molar-refractivity contribution in [2.75, 3.05) is 6.61 Å². The van der Waals surface area contributed by atoms with E-state index in [4.69, 9.17) is 5.26 Å². The van der Waals surface area contributed by atoms with Crippen LogP contribution in [0.25, 0.3) is 0 Å². The van der Waals surface area contributed by atoms with E-state index in [1.807, 2.05) is 0 Å². The van der Waals surface area contributed by atoms with E-state index in [2.05, 4.69) is 9.72 Å². The summed E-state index contributed by atoms with van der Waals surface area (Å²) in [5.41, 5.74) is -2.56. The number of halogens is 3. The molecule has 17 heavy (non-hydrogen) atoms. The summed E-state index contributed by atoms with van der Waals surface area (Å²) in [7, 11) is 0. The van der Waals surface area contributed by atoms with Crippen molar-refractivity contribution in [3.63, 3.8) is 0 Å². The normalized spacial score (nSPS) is 10.1. The Morgan fingerprint density at radius 2 is 2.29 bits per heavy atom. The Hall–Kier alpha value is -2.10. The van der Waals surface area contributed by atoms with E-state index in [1.165, 1.54) is 13.0 Å². The third-order valence-corrected chi connectivity index (χ3v) is 1.87. The maximum atomic E-state index is 13.2. The van der Waals surface area contributed by atoms with Gasteiger partial charge in [-0.25, -0.2) is 22.9 Å². The molecule has 0 radical (unpaired) electrons. The highest BCUT2D eigenvalue weighted by molar-refractivity contribution is 5.93. The number of carbonyl (C=O) groups is 1. The monoisotopic (exact) mass is 244 g/mol. The maximum absolute atomic E-state index is 13.2. The van der Waals surface area contributed by atoms with Crippen molar-refractivity contribution in [3.05, 3.63) is 28.8 Å². The topological polar surface area (TPSA) is 63.0 Å². The highest BCUT2D eigenvalue weighted by atomic mass is 19.3. The van der Waals surface area contributed by atoms with Crippen LogP contribution < -0.4 is 0 Å². The van der Waals surface area contributed by atoms with Gasteiger partial charge in [0.05, 0.1) is 18.4 Å². The zero-order valence-electron chi connectivity index (χ0n) is 8.71. The zero-order valence-corrected chi connectivity index (χ0v) is 8.71. The van der Waals surface area contributed by atoms with Crippen LogP contribution in [0.15, 0.2) is 6.20 Å². The van der Waals surface area contributed by atoms with Gasteiger partial charge in [-0.05, 0) is 6.92 Å². The van der Waals surface area contributed by atoms with Crippen molar-refractivity contribution in [2.45, 2.75) is 13.3 Å². The first-order valence-corrected chi connectivity index (χ1v) is 4.56. The third kappa shape index (κ3) is 2.53. The summed E-state index contributed by atoms with van der Waals surface area (Å²) in [4.78, 5) is 14.7. The highest BCUT2D eigenvalue weighted by Crippen LogP contribution is 2.27. The van der Waals surface area contributed by atoms with Crippen LogP contribution >= 0.6 is 0 Å². The number of nitriles is 1. The SMILES string of the molecule is CCOC(=O)c1c(C#N)ncc(F)c1C(F)F. The molecule has 0 spiro atoms. The van der Waals surface area contributed by atoms with Crippen LogP contribution in [-0.2, 0) is 4.74 Å². The summed E-state index contributed by atoms with van der Waals surface area (Å²) < 4.78 is 42.9. The summed E-state index contributed by atoms with van der Waals surface area (Å²) in [6, 6.07) is 1.45. The Morgan fingerprint density at radius 3 is 2.76 bits per heavy atom. The maximum Gasteiger partial charge on any atom is 0.341 e. The van der Waals surface area contributed by atoms with E-state index in [0.29, 0.717) is 6.20 Å². The largest absolute Gasteiger partial charge is 0.462 e. The fraction of sp³-hybridized carbons (Fsp3) is 0.300. The molecule has 0 fully saturated rings. The molecule has 0 amide bonds. The minimum absolute atomic E-state index is 0.0805. The van der Waals surface area contributed by atoms with Gasteiger partial charge in [0, 0.05) is 0 Å². The van der Waals surface area contributed by atoms with Crippen molar-refractivity contribution >= 4 is 5.97 Å². The molecule has 90 valence electrons. The van der Waals surface area contributed by atoms with E-state index in [0.717, 1.165) is 0 Å².